The molecule has 1 unspecified atom stereocenters. The van der Waals surface area contributed by atoms with Crippen LogP contribution in [0.25, 0.3) is 0 Å². The number of hydrogen-bond acceptors (Lipinski definition) is 2. The minimum Gasteiger partial charge on any atom is -0.622 e. The summed E-state index contributed by atoms with van der Waals surface area (Å²) in [6.07, 6.45) is 1.59. The second kappa shape index (κ2) is 3.07. The van der Waals surface area contributed by atoms with Crippen LogP contribution in [0.3, 0.4) is 0 Å². The third-order valence-corrected chi connectivity index (χ3v) is 2.70. The number of ether oxygens (including phenoxy) is 1. The first-order valence-electron chi connectivity index (χ1n) is 5.02. The summed E-state index contributed by atoms with van der Waals surface area (Å²) in [5.41, 5.74) is -0.409. The molecule has 1 aliphatic heterocycles. The van der Waals surface area contributed by atoms with Gasteiger partial charge in [-0.25, -0.2) is 0 Å². The second-order valence-corrected chi connectivity index (χ2v) is 4.48. The standard InChI is InChI=1S/C12H15NO2/c1-11(2)13(14)9-12(3,15-11)10-7-5-4-6-8-10/h4-9H,1-3H3. The summed E-state index contributed by atoms with van der Waals surface area (Å²) in [4.78, 5) is 0. The van der Waals surface area contributed by atoms with E-state index in [-0.39, 0.29) is 0 Å². The number of hydrogen-bond donors (Lipinski definition) is 0. The van der Waals surface area contributed by atoms with E-state index in [1.54, 1.807) is 20.1 Å². The Hall–Kier alpha value is -1.35. The van der Waals surface area contributed by atoms with Crippen molar-refractivity contribution in [2.45, 2.75) is 32.1 Å². The van der Waals surface area contributed by atoms with Crippen molar-refractivity contribution in [3.05, 3.63) is 41.1 Å². The molecule has 3 heteroatoms. The smallest absolute Gasteiger partial charge is 0.272 e. The van der Waals surface area contributed by atoms with E-state index in [1.807, 2.05) is 37.3 Å². The highest BCUT2D eigenvalue weighted by molar-refractivity contribution is 5.68. The molecule has 0 bridgehead atoms. The number of hydroxylamine groups is 1. The van der Waals surface area contributed by atoms with Crippen molar-refractivity contribution < 1.29 is 9.48 Å². The van der Waals surface area contributed by atoms with Gasteiger partial charge in [0.05, 0.1) is 0 Å². The lowest BCUT2D eigenvalue weighted by Gasteiger charge is -2.23. The quantitative estimate of drug-likeness (QED) is 0.520. The van der Waals surface area contributed by atoms with E-state index in [0.717, 1.165) is 10.3 Å². The molecule has 0 fully saturated rings. The van der Waals surface area contributed by atoms with Crippen LogP contribution >= 0.6 is 0 Å². The molecule has 15 heavy (non-hydrogen) atoms. The van der Waals surface area contributed by atoms with Crippen molar-refractivity contribution in [3.63, 3.8) is 0 Å². The molecular weight excluding hydrogens is 190 g/mol. The molecule has 1 aliphatic rings. The van der Waals surface area contributed by atoms with Crippen molar-refractivity contribution in [3.8, 4) is 0 Å². The number of nitrogens with zero attached hydrogens (tertiary/aromatic N) is 1. The fourth-order valence-electron chi connectivity index (χ4n) is 1.87. The Morgan fingerprint density at radius 2 is 1.73 bits per heavy atom. The zero-order valence-electron chi connectivity index (χ0n) is 9.23. The molecule has 1 heterocycles. The van der Waals surface area contributed by atoms with Crippen molar-refractivity contribution in [2.24, 2.45) is 0 Å². The van der Waals surface area contributed by atoms with Gasteiger partial charge in [-0.1, -0.05) is 30.3 Å². The SMILES string of the molecule is CC1(c2ccccc2)C=[N+]([O-])C(C)(C)O1. The molecule has 2 rings (SSSR count). The summed E-state index contributed by atoms with van der Waals surface area (Å²) in [5.74, 6) is 0. The highest BCUT2D eigenvalue weighted by Gasteiger charge is 2.47. The van der Waals surface area contributed by atoms with E-state index < -0.39 is 11.3 Å². The minimum absolute atomic E-state index is 0.619. The van der Waals surface area contributed by atoms with E-state index in [9.17, 15) is 5.21 Å². The van der Waals surface area contributed by atoms with Crippen LogP contribution in [0.15, 0.2) is 30.3 Å². The largest absolute Gasteiger partial charge is 0.622 e. The van der Waals surface area contributed by atoms with Gasteiger partial charge >= 0.3 is 0 Å². The molecule has 0 aromatic heterocycles. The predicted octanol–water partition coefficient (Wildman–Crippen LogP) is 2.25. The molecule has 3 nitrogen and oxygen atoms in total. The summed E-state index contributed by atoms with van der Waals surface area (Å²) < 4.78 is 6.67. The summed E-state index contributed by atoms with van der Waals surface area (Å²) in [6, 6.07) is 9.76. The Bertz CT molecular complexity index is 397. The summed E-state index contributed by atoms with van der Waals surface area (Å²) >= 11 is 0. The van der Waals surface area contributed by atoms with Crippen molar-refractivity contribution in [1.29, 1.82) is 0 Å². The average molecular weight is 205 g/mol. The van der Waals surface area contributed by atoms with Crippen LogP contribution in [0.1, 0.15) is 26.3 Å². The van der Waals surface area contributed by atoms with Gasteiger partial charge in [-0.15, -0.1) is 0 Å². The first-order valence-corrected chi connectivity index (χ1v) is 5.02. The minimum atomic E-state index is -0.787. The normalized spacial score (nSPS) is 28.9. The van der Waals surface area contributed by atoms with E-state index in [0.29, 0.717) is 0 Å². The maximum atomic E-state index is 11.6. The van der Waals surface area contributed by atoms with Crippen LogP contribution in [0.5, 0.6) is 0 Å². The Morgan fingerprint density at radius 3 is 2.20 bits per heavy atom. The molecule has 80 valence electrons. The second-order valence-electron chi connectivity index (χ2n) is 4.48. The Morgan fingerprint density at radius 1 is 1.13 bits per heavy atom. The van der Waals surface area contributed by atoms with Crippen LogP contribution in [0.2, 0.25) is 0 Å². The molecular formula is C12H15NO2. The highest BCUT2D eigenvalue weighted by Crippen LogP contribution is 2.34. The van der Waals surface area contributed by atoms with Crippen molar-refractivity contribution in [2.75, 3.05) is 0 Å². The molecule has 0 spiro atoms. The Kier molecular flexibility index (Phi) is 2.08. The summed E-state index contributed by atoms with van der Waals surface area (Å²) in [6.45, 7) is 5.44. The van der Waals surface area contributed by atoms with Gasteiger partial charge in [-0.05, 0) is 12.5 Å². The van der Waals surface area contributed by atoms with Crippen LogP contribution in [-0.4, -0.2) is 16.7 Å². The summed E-state index contributed by atoms with van der Waals surface area (Å²) in [5, 5.41) is 11.6. The molecule has 1 aromatic rings. The van der Waals surface area contributed by atoms with Crippen molar-refractivity contribution in [1.82, 2.24) is 0 Å². The van der Waals surface area contributed by atoms with Gasteiger partial charge in [-0.3, -0.25) is 4.74 Å². The van der Waals surface area contributed by atoms with Crippen molar-refractivity contribution >= 4 is 6.21 Å². The molecule has 0 radical (unpaired) electrons. The molecule has 0 saturated carbocycles. The van der Waals surface area contributed by atoms with E-state index in [2.05, 4.69) is 0 Å². The zero-order valence-corrected chi connectivity index (χ0v) is 9.23. The fraction of sp³-hybridized carbons (Fsp3) is 0.417. The fourth-order valence-corrected chi connectivity index (χ4v) is 1.87. The van der Waals surface area contributed by atoms with Gasteiger partial charge in [0.2, 0.25) is 0 Å². The maximum Gasteiger partial charge on any atom is 0.272 e. The first-order chi connectivity index (χ1) is 6.94. The van der Waals surface area contributed by atoms with E-state index in [1.165, 1.54) is 0 Å². The van der Waals surface area contributed by atoms with Gasteiger partial charge < -0.3 is 5.21 Å². The van der Waals surface area contributed by atoms with E-state index >= 15 is 0 Å². The van der Waals surface area contributed by atoms with E-state index in [4.69, 9.17) is 4.74 Å². The third kappa shape index (κ3) is 1.63. The zero-order chi connectivity index (χ0) is 11.1. The molecule has 0 N–H and O–H groups in total. The number of rotatable bonds is 1. The van der Waals surface area contributed by atoms with Crippen LogP contribution < -0.4 is 0 Å². The highest BCUT2D eigenvalue weighted by atomic mass is 16.6. The topological polar surface area (TPSA) is 35.3 Å². The van der Waals surface area contributed by atoms with Crippen LogP contribution in [0, 0.1) is 5.21 Å². The first kappa shape index (κ1) is 10.2. The van der Waals surface area contributed by atoms with Gasteiger partial charge in [0.1, 0.15) is 0 Å². The molecule has 0 amide bonds. The van der Waals surface area contributed by atoms with Gasteiger partial charge in [0.25, 0.3) is 5.72 Å². The Labute approximate surface area is 89.6 Å². The summed E-state index contributed by atoms with van der Waals surface area (Å²) in [7, 11) is 0. The van der Waals surface area contributed by atoms with Gasteiger partial charge in [0.15, 0.2) is 11.8 Å². The van der Waals surface area contributed by atoms with Crippen LogP contribution in [0.4, 0.5) is 0 Å². The average Bonchev–Trinajstić information content (AvgIpc) is 2.38. The van der Waals surface area contributed by atoms with Gasteiger partial charge in [0, 0.05) is 13.8 Å². The third-order valence-electron chi connectivity index (χ3n) is 2.70. The molecule has 0 saturated heterocycles. The monoisotopic (exact) mass is 205 g/mol. The number of benzene rings is 1. The molecule has 0 aliphatic carbocycles. The molecule has 1 atom stereocenters. The lowest BCUT2D eigenvalue weighted by Crippen LogP contribution is -2.33. The lowest BCUT2D eigenvalue weighted by molar-refractivity contribution is -0.582. The Balaban J connectivity index is 2.40. The van der Waals surface area contributed by atoms with Gasteiger partial charge in [-0.2, -0.15) is 4.74 Å². The lowest BCUT2D eigenvalue weighted by atomic mass is 9.98. The predicted molar refractivity (Wildman–Crippen MR) is 58.6 cm³/mol. The van der Waals surface area contributed by atoms with Crippen LogP contribution in [-0.2, 0) is 10.3 Å². The maximum absolute atomic E-state index is 11.6. The molecule has 1 aromatic carbocycles.